The Morgan fingerprint density at radius 2 is 2.12 bits per heavy atom. The van der Waals surface area contributed by atoms with Crippen LogP contribution >= 0.6 is 0 Å². The van der Waals surface area contributed by atoms with Gasteiger partial charge in [0.25, 0.3) is 0 Å². The van der Waals surface area contributed by atoms with E-state index in [0.29, 0.717) is 0 Å². The number of benzene rings is 1. The largest absolute Gasteiger partial charge is 0.378 e. The van der Waals surface area contributed by atoms with Gasteiger partial charge in [0, 0.05) is 24.7 Å². The lowest BCUT2D eigenvalue weighted by molar-refractivity contribution is -0.109. The van der Waals surface area contributed by atoms with E-state index in [2.05, 4.69) is 23.1 Å². The second kappa shape index (κ2) is 4.49. The zero-order valence-electron chi connectivity index (χ0n) is 9.89. The quantitative estimate of drug-likeness (QED) is 0.726. The average molecular weight is 231 g/mol. The smallest absolute Gasteiger partial charge is 0.127 e. The average Bonchev–Trinajstić information content (AvgIpc) is 2.82. The highest BCUT2D eigenvalue weighted by Gasteiger charge is 2.27. The van der Waals surface area contributed by atoms with Gasteiger partial charge in [-0.2, -0.15) is 0 Å². The summed E-state index contributed by atoms with van der Waals surface area (Å²) in [4.78, 5) is 13.5. The standard InChI is InChI=1S/C14H17NO2/c16-10-12-5-4-11-2-1-3-13(14(11)12)15-6-8-17-9-7-15/h1-3,10,12H,4-9H2. The van der Waals surface area contributed by atoms with Crippen molar-refractivity contribution >= 4 is 12.0 Å². The normalized spacial score (nSPS) is 23.5. The molecule has 3 heteroatoms. The van der Waals surface area contributed by atoms with Crippen molar-refractivity contribution in [3.63, 3.8) is 0 Å². The van der Waals surface area contributed by atoms with Gasteiger partial charge < -0.3 is 14.4 Å². The summed E-state index contributed by atoms with van der Waals surface area (Å²) >= 11 is 0. The maximum Gasteiger partial charge on any atom is 0.127 e. The van der Waals surface area contributed by atoms with E-state index in [1.54, 1.807) is 0 Å². The van der Waals surface area contributed by atoms with Crippen molar-refractivity contribution in [1.82, 2.24) is 0 Å². The number of carbonyl (C=O) groups is 1. The van der Waals surface area contributed by atoms with Crippen molar-refractivity contribution < 1.29 is 9.53 Å². The Morgan fingerprint density at radius 3 is 2.88 bits per heavy atom. The van der Waals surface area contributed by atoms with Crippen molar-refractivity contribution in [3.05, 3.63) is 29.3 Å². The van der Waals surface area contributed by atoms with Gasteiger partial charge in [0.1, 0.15) is 6.29 Å². The summed E-state index contributed by atoms with van der Waals surface area (Å²) in [7, 11) is 0. The molecule has 1 aliphatic heterocycles. The number of carbonyl (C=O) groups excluding carboxylic acids is 1. The highest BCUT2D eigenvalue weighted by molar-refractivity contribution is 5.73. The van der Waals surface area contributed by atoms with E-state index in [-0.39, 0.29) is 5.92 Å². The van der Waals surface area contributed by atoms with Crippen LogP contribution in [0.25, 0.3) is 0 Å². The monoisotopic (exact) mass is 231 g/mol. The number of aryl methyl sites for hydroxylation is 1. The summed E-state index contributed by atoms with van der Waals surface area (Å²) in [6.07, 6.45) is 3.12. The first-order chi connectivity index (χ1) is 8.40. The van der Waals surface area contributed by atoms with Crippen molar-refractivity contribution in [2.45, 2.75) is 18.8 Å². The minimum absolute atomic E-state index is 0.101. The van der Waals surface area contributed by atoms with Gasteiger partial charge in [0.05, 0.1) is 13.2 Å². The Kier molecular flexibility index (Phi) is 2.85. The Labute approximate surface area is 101 Å². The number of hydrogen-bond acceptors (Lipinski definition) is 3. The molecule has 0 saturated carbocycles. The fourth-order valence-corrected chi connectivity index (χ4v) is 2.92. The van der Waals surface area contributed by atoms with Gasteiger partial charge in [-0.05, 0) is 30.0 Å². The lowest BCUT2D eigenvalue weighted by Crippen LogP contribution is -2.37. The molecule has 3 nitrogen and oxygen atoms in total. The number of morpholine rings is 1. The lowest BCUT2D eigenvalue weighted by atomic mass is 9.99. The van der Waals surface area contributed by atoms with Crippen LogP contribution in [0.1, 0.15) is 23.5 Å². The summed E-state index contributed by atoms with van der Waals surface area (Å²) in [5.41, 5.74) is 3.87. The molecule has 1 aromatic carbocycles. The first-order valence-corrected chi connectivity index (χ1v) is 6.30. The first-order valence-electron chi connectivity index (χ1n) is 6.30. The van der Waals surface area contributed by atoms with Crippen molar-refractivity contribution in [2.75, 3.05) is 31.2 Å². The second-order valence-electron chi connectivity index (χ2n) is 4.73. The molecular weight excluding hydrogens is 214 g/mol. The van der Waals surface area contributed by atoms with Gasteiger partial charge in [-0.25, -0.2) is 0 Å². The summed E-state index contributed by atoms with van der Waals surface area (Å²) < 4.78 is 5.38. The van der Waals surface area contributed by atoms with Gasteiger partial charge in [0.15, 0.2) is 0 Å². The maximum absolute atomic E-state index is 11.2. The van der Waals surface area contributed by atoms with E-state index >= 15 is 0 Å². The third kappa shape index (κ3) is 1.84. The molecule has 1 unspecified atom stereocenters. The van der Waals surface area contributed by atoms with Crippen LogP contribution in [0, 0.1) is 0 Å². The minimum Gasteiger partial charge on any atom is -0.378 e. The molecule has 1 fully saturated rings. The Bertz CT molecular complexity index is 424. The SMILES string of the molecule is O=CC1CCc2cccc(N3CCOCC3)c21. The Morgan fingerprint density at radius 1 is 1.29 bits per heavy atom. The second-order valence-corrected chi connectivity index (χ2v) is 4.73. The molecule has 0 amide bonds. The minimum atomic E-state index is 0.101. The Hall–Kier alpha value is -1.35. The maximum atomic E-state index is 11.2. The molecule has 0 bridgehead atoms. The van der Waals surface area contributed by atoms with E-state index < -0.39 is 0 Å². The van der Waals surface area contributed by atoms with E-state index in [1.807, 2.05) is 0 Å². The summed E-state index contributed by atoms with van der Waals surface area (Å²) in [6.45, 7) is 3.44. The molecule has 0 aromatic heterocycles. The zero-order valence-corrected chi connectivity index (χ0v) is 9.89. The fraction of sp³-hybridized carbons (Fsp3) is 0.500. The van der Waals surface area contributed by atoms with Crippen LogP contribution < -0.4 is 4.90 Å². The van der Waals surface area contributed by atoms with Crippen LogP contribution in [-0.2, 0) is 16.0 Å². The number of ether oxygens (including phenoxy) is 1. The van der Waals surface area contributed by atoms with Gasteiger partial charge in [-0.15, -0.1) is 0 Å². The third-order valence-corrected chi connectivity index (χ3v) is 3.78. The molecule has 0 N–H and O–H groups in total. The van der Waals surface area contributed by atoms with Crippen LogP contribution in [0.2, 0.25) is 0 Å². The topological polar surface area (TPSA) is 29.5 Å². The number of fused-ring (bicyclic) bond motifs is 1. The highest BCUT2D eigenvalue weighted by atomic mass is 16.5. The number of rotatable bonds is 2. The van der Waals surface area contributed by atoms with Gasteiger partial charge >= 0.3 is 0 Å². The molecule has 1 saturated heterocycles. The number of anilines is 1. The molecule has 0 radical (unpaired) electrons. The third-order valence-electron chi connectivity index (χ3n) is 3.78. The number of hydrogen-bond donors (Lipinski definition) is 0. The van der Waals surface area contributed by atoms with Crippen molar-refractivity contribution in [2.24, 2.45) is 0 Å². The Balaban J connectivity index is 1.99. The van der Waals surface area contributed by atoms with Crippen LogP contribution in [-0.4, -0.2) is 32.6 Å². The van der Waals surface area contributed by atoms with Gasteiger partial charge in [-0.3, -0.25) is 0 Å². The van der Waals surface area contributed by atoms with E-state index in [4.69, 9.17) is 4.74 Å². The van der Waals surface area contributed by atoms with Crippen LogP contribution in [0.4, 0.5) is 5.69 Å². The molecule has 2 aliphatic rings. The van der Waals surface area contributed by atoms with E-state index in [0.717, 1.165) is 45.4 Å². The fourth-order valence-electron chi connectivity index (χ4n) is 2.92. The molecule has 1 heterocycles. The van der Waals surface area contributed by atoms with E-state index in [9.17, 15) is 4.79 Å². The summed E-state index contributed by atoms with van der Waals surface area (Å²) in [5.74, 6) is 0.101. The van der Waals surface area contributed by atoms with Crippen LogP contribution in [0.5, 0.6) is 0 Å². The summed E-state index contributed by atoms with van der Waals surface area (Å²) in [5, 5.41) is 0. The van der Waals surface area contributed by atoms with Crippen molar-refractivity contribution in [1.29, 1.82) is 0 Å². The van der Waals surface area contributed by atoms with Crippen molar-refractivity contribution in [3.8, 4) is 0 Å². The summed E-state index contributed by atoms with van der Waals surface area (Å²) in [6, 6.07) is 6.41. The number of aldehydes is 1. The van der Waals surface area contributed by atoms with Gasteiger partial charge in [0.2, 0.25) is 0 Å². The lowest BCUT2D eigenvalue weighted by Gasteiger charge is -2.31. The molecule has 0 spiro atoms. The van der Waals surface area contributed by atoms with Crippen LogP contribution in [0.15, 0.2) is 18.2 Å². The molecule has 1 aliphatic carbocycles. The highest BCUT2D eigenvalue weighted by Crippen LogP contribution is 2.38. The molecule has 1 atom stereocenters. The van der Waals surface area contributed by atoms with Gasteiger partial charge in [-0.1, -0.05) is 12.1 Å². The molecular formula is C14H17NO2. The predicted octanol–water partition coefficient (Wildman–Crippen LogP) is 1.75. The number of nitrogens with zero attached hydrogens (tertiary/aromatic N) is 1. The zero-order chi connectivity index (χ0) is 11.7. The molecule has 90 valence electrons. The molecule has 3 rings (SSSR count). The molecule has 17 heavy (non-hydrogen) atoms. The van der Waals surface area contributed by atoms with Crippen LogP contribution in [0.3, 0.4) is 0 Å². The van der Waals surface area contributed by atoms with E-state index in [1.165, 1.54) is 16.8 Å². The predicted molar refractivity (Wildman–Crippen MR) is 66.6 cm³/mol. The first kappa shape index (κ1) is 10.8. The molecule has 1 aromatic rings.